The molecule has 1 heterocycles. The molecule has 3 N–H and O–H groups in total. The zero-order valence-electron chi connectivity index (χ0n) is 11.6. The fraction of sp³-hybridized carbons (Fsp3) is 0.133. The van der Waals surface area contributed by atoms with Crippen LogP contribution in [0.1, 0.15) is 21.6 Å². The highest BCUT2D eigenvalue weighted by Gasteiger charge is 2.09. The third-order valence-electron chi connectivity index (χ3n) is 3.05. The van der Waals surface area contributed by atoms with Crippen molar-refractivity contribution in [1.29, 1.82) is 5.26 Å². The predicted octanol–water partition coefficient (Wildman–Crippen LogP) is 1.19. The minimum atomic E-state index is -0.378. The fourth-order valence-corrected chi connectivity index (χ4v) is 1.96. The Labute approximate surface area is 122 Å². The number of nitriles is 1. The van der Waals surface area contributed by atoms with Crippen molar-refractivity contribution in [3.63, 3.8) is 0 Å². The number of nitrogen functional groups attached to an aromatic ring is 1. The van der Waals surface area contributed by atoms with Crippen LogP contribution in [-0.4, -0.2) is 17.9 Å². The summed E-state index contributed by atoms with van der Waals surface area (Å²) in [4.78, 5) is 17.5. The summed E-state index contributed by atoms with van der Waals surface area (Å²) in [6.07, 6.45) is 1.47. The Morgan fingerprint density at radius 2 is 2.14 bits per heavy atom. The van der Waals surface area contributed by atoms with Crippen molar-refractivity contribution in [2.45, 2.75) is 6.54 Å². The predicted molar refractivity (Wildman–Crippen MR) is 79.2 cm³/mol. The molecule has 2 rings (SSSR count). The maximum absolute atomic E-state index is 11.3. The lowest BCUT2D eigenvalue weighted by molar-refractivity contribution is 0.0953. The maximum atomic E-state index is 11.3. The summed E-state index contributed by atoms with van der Waals surface area (Å²) in [5.74, 6) is 4.69. The molecule has 0 bridgehead atoms. The number of hydrazine groups is 1. The van der Waals surface area contributed by atoms with Gasteiger partial charge in [0.25, 0.3) is 5.91 Å². The molecule has 0 spiro atoms. The molecule has 0 aliphatic carbocycles. The summed E-state index contributed by atoms with van der Waals surface area (Å²) >= 11 is 0. The lowest BCUT2D eigenvalue weighted by Crippen LogP contribution is -2.30. The van der Waals surface area contributed by atoms with Crippen molar-refractivity contribution in [1.82, 2.24) is 10.4 Å². The Kier molecular flexibility index (Phi) is 4.49. The van der Waals surface area contributed by atoms with Gasteiger partial charge in [-0.15, -0.1) is 0 Å². The number of benzene rings is 1. The fourth-order valence-electron chi connectivity index (χ4n) is 1.96. The number of pyridine rings is 1. The highest BCUT2D eigenvalue weighted by molar-refractivity contribution is 5.93. The molecule has 1 aromatic carbocycles. The molecule has 0 unspecified atom stereocenters. The third kappa shape index (κ3) is 3.35. The first kappa shape index (κ1) is 14.5. The Hall–Kier alpha value is -2.91. The van der Waals surface area contributed by atoms with Crippen molar-refractivity contribution in [3.8, 4) is 6.07 Å². The number of nitrogens with zero attached hydrogens (tertiary/aromatic N) is 3. The summed E-state index contributed by atoms with van der Waals surface area (Å²) in [5, 5.41) is 9.11. The van der Waals surface area contributed by atoms with Crippen LogP contribution in [0.15, 0.2) is 42.6 Å². The Bertz CT molecular complexity index is 675. The van der Waals surface area contributed by atoms with E-state index >= 15 is 0 Å². The molecule has 0 fully saturated rings. The normalized spacial score (nSPS) is 9.76. The number of hydrogen-bond acceptors (Lipinski definition) is 5. The van der Waals surface area contributed by atoms with Crippen LogP contribution in [0.2, 0.25) is 0 Å². The van der Waals surface area contributed by atoms with Crippen molar-refractivity contribution >= 4 is 11.6 Å². The van der Waals surface area contributed by atoms with E-state index in [1.165, 1.54) is 6.20 Å². The van der Waals surface area contributed by atoms with E-state index < -0.39 is 0 Å². The summed E-state index contributed by atoms with van der Waals surface area (Å²) < 4.78 is 0. The molecule has 0 radical (unpaired) electrons. The van der Waals surface area contributed by atoms with E-state index in [1.807, 2.05) is 30.1 Å². The number of amides is 1. The first-order valence-corrected chi connectivity index (χ1v) is 6.32. The molecular formula is C15H15N5O. The quantitative estimate of drug-likeness (QED) is 0.498. The molecule has 1 aromatic heterocycles. The molecule has 21 heavy (non-hydrogen) atoms. The number of anilines is 1. The number of para-hydroxylation sites is 1. The molecule has 0 aliphatic heterocycles. The van der Waals surface area contributed by atoms with Crippen LogP contribution in [0.5, 0.6) is 0 Å². The van der Waals surface area contributed by atoms with Crippen LogP contribution >= 0.6 is 0 Å². The van der Waals surface area contributed by atoms with Gasteiger partial charge in [-0.1, -0.05) is 12.1 Å². The second-order valence-corrected chi connectivity index (χ2v) is 4.50. The van der Waals surface area contributed by atoms with E-state index in [0.717, 1.165) is 11.4 Å². The van der Waals surface area contributed by atoms with Crippen LogP contribution in [0.4, 0.5) is 5.69 Å². The smallest absolute Gasteiger partial charge is 0.266 e. The first-order valence-electron chi connectivity index (χ1n) is 6.32. The average molecular weight is 281 g/mol. The molecule has 2 aromatic rings. The van der Waals surface area contributed by atoms with Gasteiger partial charge in [-0.3, -0.25) is 15.2 Å². The number of carbonyl (C=O) groups excluding carboxylic acids is 1. The van der Waals surface area contributed by atoms with Crippen LogP contribution < -0.4 is 16.2 Å². The Balaban J connectivity index is 2.14. The molecular weight excluding hydrogens is 266 g/mol. The van der Waals surface area contributed by atoms with Gasteiger partial charge in [0.05, 0.1) is 29.1 Å². The van der Waals surface area contributed by atoms with Gasteiger partial charge in [0.15, 0.2) is 0 Å². The van der Waals surface area contributed by atoms with E-state index in [2.05, 4.69) is 16.5 Å². The van der Waals surface area contributed by atoms with E-state index in [9.17, 15) is 4.79 Å². The van der Waals surface area contributed by atoms with Gasteiger partial charge in [0.2, 0.25) is 0 Å². The van der Waals surface area contributed by atoms with Gasteiger partial charge in [0.1, 0.15) is 6.07 Å². The minimum Gasteiger partial charge on any atom is -0.368 e. The van der Waals surface area contributed by atoms with Crippen molar-refractivity contribution < 1.29 is 4.79 Å². The SMILES string of the molecule is CN(Cc1ccc(C(=O)NN)cn1)c1ccccc1C#N. The number of nitrogens with two attached hydrogens (primary N) is 1. The van der Waals surface area contributed by atoms with Gasteiger partial charge in [-0.25, -0.2) is 5.84 Å². The number of hydrogen-bond donors (Lipinski definition) is 2. The van der Waals surface area contributed by atoms with Crippen LogP contribution in [0, 0.1) is 11.3 Å². The van der Waals surface area contributed by atoms with E-state index in [4.69, 9.17) is 11.1 Å². The largest absolute Gasteiger partial charge is 0.368 e. The highest BCUT2D eigenvalue weighted by atomic mass is 16.2. The average Bonchev–Trinajstić information content (AvgIpc) is 2.54. The molecule has 6 nitrogen and oxygen atoms in total. The van der Waals surface area contributed by atoms with Gasteiger partial charge in [-0.05, 0) is 24.3 Å². The van der Waals surface area contributed by atoms with Gasteiger partial charge >= 0.3 is 0 Å². The first-order chi connectivity index (χ1) is 10.2. The summed E-state index contributed by atoms with van der Waals surface area (Å²) in [7, 11) is 1.89. The molecule has 6 heteroatoms. The second-order valence-electron chi connectivity index (χ2n) is 4.50. The van der Waals surface area contributed by atoms with Crippen LogP contribution in [0.3, 0.4) is 0 Å². The van der Waals surface area contributed by atoms with Crippen molar-refractivity contribution in [2.75, 3.05) is 11.9 Å². The third-order valence-corrected chi connectivity index (χ3v) is 3.05. The summed E-state index contributed by atoms with van der Waals surface area (Å²) in [6, 6.07) is 13.0. The second kappa shape index (κ2) is 6.50. The number of rotatable bonds is 4. The zero-order chi connectivity index (χ0) is 15.2. The summed E-state index contributed by atoms with van der Waals surface area (Å²) in [5.41, 5.74) is 4.70. The molecule has 0 atom stereocenters. The Morgan fingerprint density at radius 1 is 1.38 bits per heavy atom. The van der Waals surface area contributed by atoms with Crippen LogP contribution in [0.25, 0.3) is 0 Å². The van der Waals surface area contributed by atoms with Crippen LogP contribution in [-0.2, 0) is 6.54 Å². The topological polar surface area (TPSA) is 95.0 Å². The molecule has 0 saturated heterocycles. The van der Waals surface area contributed by atoms with Crippen molar-refractivity contribution in [3.05, 3.63) is 59.4 Å². The summed E-state index contributed by atoms with van der Waals surface area (Å²) in [6.45, 7) is 0.531. The van der Waals surface area contributed by atoms with Gasteiger partial charge < -0.3 is 4.90 Å². The van der Waals surface area contributed by atoms with E-state index in [-0.39, 0.29) is 5.91 Å². The monoisotopic (exact) mass is 281 g/mol. The lowest BCUT2D eigenvalue weighted by atomic mass is 10.1. The van der Waals surface area contributed by atoms with Gasteiger partial charge in [0, 0.05) is 13.2 Å². The Morgan fingerprint density at radius 3 is 2.76 bits per heavy atom. The molecule has 1 amide bonds. The molecule has 0 aliphatic rings. The standard InChI is InChI=1S/C15H15N5O/c1-20(14-5-3-2-4-11(14)8-16)10-13-7-6-12(9-18-13)15(21)19-17/h2-7,9H,10,17H2,1H3,(H,19,21). The van der Waals surface area contributed by atoms with E-state index in [0.29, 0.717) is 17.7 Å². The van der Waals surface area contributed by atoms with E-state index in [1.54, 1.807) is 18.2 Å². The molecule has 106 valence electrons. The minimum absolute atomic E-state index is 0.378. The maximum Gasteiger partial charge on any atom is 0.266 e. The van der Waals surface area contributed by atoms with Crippen molar-refractivity contribution in [2.24, 2.45) is 5.84 Å². The highest BCUT2D eigenvalue weighted by Crippen LogP contribution is 2.19. The number of carbonyl (C=O) groups is 1. The lowest BCUT2D eigenvalue weighted by Gasteiger charge is -2.20. The number of nitrogens with one attached hydrogen (secondary N) is 1. The zero-order valence-corrected chi connectivity index (χ0v) is 11.6. The van der Waals surface area contributed by atoms with Gasteiger partial charge in [-0.2, -0.15) is 5.26 Å². The number of aromatic nitrogens is 1. The molecule has 0 saturated carbocycles.